The third-order valence-corrected chi connectivity index (χ3v) is 7.09. The minimum Gasteiger partial charge on any atom is -0.352 e. The van der Waals surface area contributed by atoms with Crippen molar-refractivity contribution in [1.29, 1.82) is 0 Å². The molecule has 2 unspecified atom stereocenters. The molecule has 4 rings (SSSR count). The number of halogens is 3. The number of hydrogen-bond acceptors (Lipinski definition) is 4. The van der Waals surface area contributed by atoms with Gasteiger partial charge in [-0.3, -0.25) is 14.4 Å². The van der Waals surface area contributed by atoms with Crippen LogP contribution in [0.1, 0.15) is 55.1 Å². The molecule has 2 aliphatic rings. The van der Waals surface area contributed by atoms with E-state index in [0.717, 1.165) is 36.8 Å². The SMILES string of the molecule is CC1CN(C(=O)CCCNC(=O)c2cn(-c3ccccc3)nc2C(F)(F)F)CCC1C(=O)N1CCCC1. The fourth-order valence-electron chi connectivity index (χ4n) is 5.07. The Bertz CT molecular complexity index is 1110. The molecule has 0 spiro atoms. The van der Waals surface area contributed by atoms with Gasteiger partial charge in [-0.2, -0.15) is 18.3 Å². The number of amides is 3. The van der Waals surface area contributed by atoms with Gasteiger partial charge in [0.15, 0.2) is 5.69 Å². The lowest BCUT2D eigenvalue weighted by molar-refractivity contribution is -0.142. The summed E-state index contributed by atoms with van der Waals surface area (Å²) < 4.78 is 41.5. The minimum absolute atomic E-state index is 0.0534. The maximum absolute atomic E-state index is 13.5. The maximum Gasteiger partial charge on any atom is 0.435 e. The third kappa shape index (κ3) is 6.31. The zero-order valence-electron chi connectivity index (χ0n) is 20.8. The van der Waals surface area contributed by atoms with Crippen molar-refractivity contribution in [2.45, 2.75) is 45.2 Å². The molecule has 1 N–H and O–H groups in total. The van der Waals surface area contributed by atoms with E-state index in [-0.39, 0.29) is 36.6 Å². The molecule has 8 nitrogen and oxygen atoms in total. The molecule has 2 aromatic rings. The summed E-state index contributed by atoms with van der Waals surface area (Å²) in [4.78, 5) is 41.7. The van der Waals surface area contributed by atoms with E-state index in [0.29, 0.717) is 31.6 Å². The summed E-state index contributed by atoms with van der Waals surface area (Å²) in [6, 6.07) is 8.23. The van der Waals surface area contributed by atoms with Crippen molar-refractivity contribution < 1.29 is 27.6 Å². The van der Waals surface area contributed by atoms with Gasteiger partial charge in [-0.25, -0.2) is 4.68 Å². The summed E-state index contributed by atoms with van der Waals surface area (Å²) in [5.41, 5.74) is -1.43. The molecule has 0 bridgehead atoms. The number of rotatable bonds is 7. The summed E-state index contributed by atoms with van der Waals surface area (Å²) in [5.74, 6) is -0.792. The molecule has 37 heavy (non-hydrogen) atoms. The van der Waals surface area contributed by atoms with Gasteiger partial charge in [0.2, 0.25) is 11.8 Å². The second kappa shape index (κ2) is 11.4. The van der Waals surface area contributed by atoms with Crippen LogP contribution in [0.2, 0.25) is 0 Å². The molecule has 3 amide bonds. The summed E-state index contributed by atoms with van der Waals surface area (Å²) in [7, 11) is 0. The molecule has 0 radical (unpaired) electrons. The van der Waals surface area contributed by atoms with Crippen molar-refractivity contribution in [3.63, 3.8) is 0 Å². The van der Waals surface area contributed by atoms with Crippen LogP contribution in [0.5, 0.6) is 0 Å². The Kier molecular flexibility index (Phi) is 8.19. The molecule has 200 valence electrons. The largest absolute Gasteiger partial charge is 0.435 e. The van der Waals surface area contributed by atoms with Crippen LogP contribution in [0, 0.1) is 11.8 Å². The molecular weight excluding hydrogens is 487 g/mol. The molecule has 11 heteroatoms. The predicted octanol–water partition coefficient (Wildman–Crippen LogP) is 3.51. The van der Waals surface area contributed by atoms with Crippen LogP contribution >= 0.6 is 0 Å². The van der Waals surface area contributed by atoms with E-state index in [4.69, 9.17) is 0 Å². The molecule has 0 saturated carbocycles. The molecule has 0 aliphatic carbocycles. The Morgan fingerprint density at radius 2 is 1.76 bits per heavy atom. The van der Waals surface area contributed by atoms with Crippen molar-refractivity contribution >= 4 is 17.7 Å². The van der Waals surface area contributed by atoms with E-state index in [1.807, 2.05) is 11.8 Å². The normalized spacial score (nSPS) is 20.2. The van der Waals surface area contributed by atoms with Crippen molar-refractivity contribution in [2.24, 2.45) is 11.8 Å². The topological polar surface area (TPSA) is 87.5 Å². The van der Waals surface area contributed by atoms with Crippen LogP contribution in [0.4, 0.5) is 13.2 Å². The number of likely N-dealkylation sites (tertiary alicyclic amines) is 2. The van der Waals surface area contributed by atoms with Crippen LogP contribution in [-0.4, -0.2) is 70.0 Å². The molecule has 3 heterocycles. The summed E-state index contributed by atoms with van der Waals surface area (Å²) in [5, 5.41) is 6.07. The van der Waals surface area contributed by atoms with Crippen molar-refractivity contribution in [1.82, 2.24) is 24.9 Å². The highest BCUT2D eigenvalue weighted by molar-refractivity contribution is 5.95. The molecule has 2 atom stereocenters. The first-order valence-corrected chi connectivity index (χ1v) is 12.7. The Balaban J connectivity index is 1.27. The van der Waals surface area contributed by atoms with E-state index >= 15 is 0 Å². The molecule has 1 aromatic carbocycles. The predicted molar refractivity (Wildman–Crippen MR) is 130 cm³/mol. The van der Waals surface area contributed by atoms with Gasteiger partial charge < -0.3 is 15.1 Å². The lowest BCUT2D eigenvalue weighted by Gasteiger charge is -2.37. The number of hydrogen-bond donors (Lipinski definition) is 1. The monoisotopic (exact) mass is 519 g/mol. The van der Waals surface area contributed by atoms with Gasteiger partial charge in [-0.05, 0) is 43.7 Å². The fraction of sp³-hybridized carbons (Fsp3) is 0.538. The van der Waals surface area contributed by atoms with Gasteiger partial charge >= 0.3 is 6.18 Å². The number of aromatic nitrogens is 2. The highest BCUT2D eigenvalue weighted by Crippen LogP contribution is 2.31. The first-order chi connectivity index (χ1) is 17.6. The summed E-state index contributed by atoms with van der Waals surface area (Å²) in [6.07, 6.45) is -0.561. The van der Waals surface area contributed by atoms with E-state index in [9.17, 15) is 27.6 Å². The Labute approximate surface area is 213 Å². The number of para-hydroxylation sites is 1. The molecule has 2 fully saturated rings. The van der Waals surface area contributed by atoms with Crippen molar-refractivity contribution in [3.05, 3.63) is 47.8 Å². The fourth-order valence-corrected chi connectivity index (χ4v) is 5.07. The van der Waals surface area contributed by atoms with Crippen molar-refractivity contribution in [2.75, 3.05) is 32.7 Å². The quantitative estimate of drug-likeness (QED) is 0.568. The second-order valence-electron chi connectivity index (χ2n) is 9.77. The first-order valence-electron chi connectivity index (χ1n) is 12.7. The van der Waals surface area contributed by atoms with Gasteiger partial charge in [0.25, 0.3) is 5.91 Å². The van der Waals surface area contributed by atoms with Crippen LogP contribution in [0.15, 0.2) is 36.5 Å². The number of nitrogens with zero attached hydrogens (tertiary/aromatic N) is 4. The second-order valence-corrected chi connectivity index (χ2v) is 9.77. The number of piperidine rings is 1. The van der Waals surface area contributed by atoms with Crippen LogP contribution < -0.4 is 5.32 Å². The number of carbonyl (C=O) groups is 3. The lowest BCUT2D eigenvalue weighted by Crippen LogP contribution is -2.48. The molecule has 1 aromatic heterocycles. The minimum atomic E-state index is -4.79. The number of alkyl halides is 3. The van der Waals surface area contributed by atoms with Gasteiger partial charge in [-0.15, -0.1) is 0 Å². The van der Waals surface area contributed by atoms with Gasteiger partial charge in [-0.1, -0.05) is 25.1 Å². The molecule has 2 saturated heterocycles. The Hall–Kier alpha value is -3.37. The molecular formula is C26H32F3N5O3. The Morgan fingerprint density at radius 3 is 2.41 bits per heavy atom. The lowest BCUT2D eigenvalue weighted by atomic mass is 9.85. The third-order valence-electron chi connectivity index (χ3n) is 7.09. The first kappa shape index (κ1) is 26.7. The highest BCUT2D eigenvalue weighted by atomic mass is 19.4. The Morgan fingerprint density at radius 1 is 1.05 bits per heavy atom. The zero-order valence-corrected chi connectivity index (χ0v) is 20.8. The van der Waals surface area contributed by atoms with Crippen LogP contribution in [0.25, 0.3) is 5.69 Å². The summed E-state index contributed by atoms with van der Waals surface area (Å²) >= 11 is 0. The van der Waals surface area contributed by atoms with E-state index in [2.05, 4.69) is 10.4 Å². The average Bonchev–Trinajstić information content (AvgIpc) is 3.57. The zero-order chi connectivity index (χ0) is 26.6. The maximum atomic E-state index is 13.5. The van der Waals surface area contributed by atoms with Gasteiger partial charge in [0.05, 0.1) is 11.3 Å². The standard InChI is InChI=1S/C26H32F3N5O3/c1-18-16-33(15-11-20(18)25(37)32-13-5-6-14-32)22(35)10-7-12-30-24(36)21-17-34(19-8-3-2-4-9-19)31-23(21)26(27,28)29/h2-4,8-9,17-18,20H,5-7,10-16H2,1H3,(H,30,36). The van der Waals surface area contributed by atoms with Crippen LogP contribution in [-0.2, 0) is 15.8 Å². The van der Waals surface area contributed by atoms with Gasteiger partial charge in [0, 0.05) is 51.3 Å². The number of carbonyl (C=O) groups excluding carboxylic acids is 3. The van der Waals surface area contributed by atoms with Gasteiger partial charge in [0.1, 0.15) is 0 Å². The van der Waals surface area contributed by atoms with E-state index in [1.165, 1.54) is 0 Å². The van der Waals surface area contributed by atoms with Crippen LogP contribution in [0.3, 0.4) is 0 Å². The van der Waals surface area contributed by atoms with E-state index in [1.54, 1.807) is 35.2 Å². The molecule has 2 aliphatic heterocycles. The summed E-state index contributed by atoms with van der Waals surface area (Å²) in [6.45, 7) is 4.68. The van der Waals surface area contributed by atoms with E-state index < -0.39 is 23.3 Å². The average molecular weight is 520 g/mol. The number of benzene rings is 1. The van der Waals surface area contributed by atoms with Crippen molar-refractivity contribution in [3.8, 4) is 5.69 Å². The highest BCUT2D eigenvalue weighted by Gasteiger charge is 2.39. The number of nitrogens with one attached hydrogen (secondary N) is 1. The smallest absolute Gasteiger partial charge is 0.352 e.